The summed E-state index contributed by atoms with van der Waals surface area (Å²) in [6.45, 7) is 0. The average Bonchev–Trinajstić information content (AvgIpc) is 0.722. The van der Waals surface area contributed by atoms with Gasteiger partial charge in [-0.2, -0.15) is 0 Å². The van der Waals surface area contributed by atoms with E-state index in [1.54, 1.807) is 0 Å². The molecule has 0 spiro atoms. The van der Waals surface area contributed by atoms with E-state index in [-0.39, 0.29) is 92.3 Å². The molecule has 0 nitrogen and oxygen atoms in total. The van der Waals surface area contributed by atoms with Gasteiger partial charge in [-0.15, -0.1) is 0 Å². The summed E-state index contributed by atoms with van der Waals surface area (Å²) in [6.07, 6.45) is 0. The SMILES string of the molecule is F[B-](F)(F)F.[Ba+2].[Ca+2].[H-].[H-].[H-].[H-]. The van der Waals surface area contributed by atoms with Gasteiger partial charge in [-0.05, 0) is 0 Å². The maximum Gasteiger partial charge on any atom is 2.00 e. The minimum absolute atomic E-state index is 0. The maximum absolute atomic E-state index is 9.75. The Bertz CT molecular complexity index is 37.6. The smallest absolute Gasteiger partial charge is 1.00 e. The quantitative estimate of drug-likeness (QED) is 0.454. The molecule has 0 rings (SSSR count). The Morgan fingerprint density at radius 2 is 1.00 bits per heavy atom. The average molecular weight is 268 g/mol. The van der Waals surface area contributed by atoms with Gasteiger partial charge in [-0.25, -0.2) is 0 Å². The minimum Gasteiger partial charge on any atom is -1.00 e. The molecule has 0 saturated heterocycles. The van der Waals surface area contributed by atoms with E-state index in [1.165, 1.54) is 0 Å². The van der Waals surface area contributed by atoms with Crippen LogP contribution in [0.15, 0.2) is 0 Å². The molecule has 0 heterocycles. The molecule has 0 aromatic rings. The van der Waals surface area contributed by atoms with Crippen molar-refractivity contribution >= 4 is 93.9 Å². The van der Waals surface area contributed by atoms with Crippen molar-refractivity contribution in [2.24, 2.45) is 0 Å². The van der Waals surface area contributed by atoms with E-state index in [1.807, 2.05) is 0 Å². The fraction of sp³-hybridized carbons (Fsp3) is 0. The Morgan fingerprint density at radius 3 is 1.00 bits per heavy atom. The van der Waals surface area contributed by atoms with Crippen molar-refractivity contribution in [2.45, 2.75) is 0 Å². The van der Waals surface area contributed by atoms with Crippen LogP contribution in [0, 0.1) is 0 Å². The van der Waals surface area contributed by atoms with Crippen LogP contribution in [0.25, 0.3) is 0 Å². The van der Waals surface area contributed by atoms with Crippen molar-refractivity contribution in [1.82, 2.24) is 0 Å². The van der Waals surface area contributed by atoms with E-state index in [0.717, 1.165) is 0 Å². The van der Waals surface area contributed by atoms with Crippen molar-refractivity contribution in [1.29, 1.82) is 0 Å². The van der Waals surface area contributed by atoms with Crippen molar-refractivity contribution in [2.75, 3.05) is 0 Å². The molecule has 40 valence electrons. The van der Waals surface area contributed by atoms with E-state index in [0.29, 0.717) is 0 Å². The molecule has 0 amide bonds. The summed E-state index contributed by atoms with van der Waals surface area (Å²) in [5.74, 6) is 0. The monoisotopic (exact) mass is 269 g/mol. The molecule has 0 N–H and O–H groups in total. The van der Waals surface area contributed by atoms with Crippen LogP contribution in [0.4, 0.5) is 17.3 Å². The van der Waals surface area contributed by atoms with Gasteiger partial charge in [0.15, 0.2) is 0 Å². The number of halogens is 4. The summed E-state index contributed by atoms with van der Waals surface area (Å²) >= 11 is 0. The Kier molecular flexibility index (Phi) is 15.7. The first-order valence-electron chi connectivity index (χ1n) is 0.873. The molecule has 0 aromatic carbocycles. The Labute approximate surface area is 115 Å². The van der Waals surface area contributed by atoms with Gasteiger partial charge < -0.3 is 23.0 Å². The molecule has 0 aromatic heterocycles. The summed E-state index contributed by atoms with van der Waals surface area (Å²) in [4.78, 5) is 0. The molecule has 0 saturated carbocycles. The summed E-state index contributed by atoms with van der Waals surface area (Å²) in [7, 11) is -6.00. The van der Waals surface area contributed by atoms with Gasteiger partial charge in [-0.1, -0.05) is 0 Å². The predicted molar refractivity (Wildman–Crippen MR) is 26.1 cm³/mol. The third-order valence-corrected chi connectivity index (χ3v) is 0. The van der Waals surface area contributed by atoms with Crippen LogP contribution in [0.1, 0.15) is 5.71 Å². The Balaban J connectivity index is -0.00000000533. The first-order valence-corrected chi connectivity index (χ1v) is 0.873. The summed E-state index contributed by atoms with van der Waals surface area (Å²) in [5.41, 5.74) is 0. The zero-order valence-electron chi connectivity index (χ0n) is 7.50. The number of rotatable bonds is 0. The molecule has 0 bridgehead atoms. The van der Waals surface area contributed by atoms with Gasteiger partial charge in [0.05, 0.1) is 0 Å². The molecule has 0 aliphatic carbocycles. The van der Waals surface area contributed by atoms with Crippen LogP contribution in [-0.2, 0) is 0 Å². The molecular formula is H4BBaCaF4-. The molecule has 0 unspecified atom stereocenters. The Morgan fingerprint density at radius 1 is 1.00 bits per heavy atom. The fourth-order valence-corrected chi connectivity index (χ4v) is 0. The van der Waals surface area contributed by atoms with Gasteiger partial charge >= 0.3 is 93.9 Å². The zero-order valence-corrected chi connectivity index (χ0v) is 10.2. The van der Waals surface area contributed by atoms with E-state index >= 15 is 0 Å². The van der Waals surface area contributed by atoms with E-state index in [2.05, 4.69) is 0 Å². The second kappa shape index (κ2) is 6.73. The summed E-state index contributed by atoms with van der Waals surface area (Å²) in [5, 5.41) is 0. The third-order valence-electron chi connectivity index (χ3n) is 0. The second-order valence-electron chi connectivity index (χ2n) is 0.495. The van der Waals surface area contributed by atoms with Crippen LogP contribution in [0.2, 0.25) is 0 Å². The zero-order chi connectivity index (χ0) is 4.50. The van der Waals surface area contributed by atoms with Crippen molar-refractivity contribution in [3.8, 4) is 0 Å². The largest absolute Gasteiger partial charge is 2.00 e. The molecular weight excluding hydrogens is 264 g/mol. The predicted octanol–water partition coefficient (Wildman–Crippen LogP) is 0.988. The number of hydrogen-bond acceptors (Lipinski definition) is 0. The van der Waals surface area contributed by atoms with E-state index in [4.69, 9.17) is 0 Å². The molecule has 0 fully saturated rings. The standard InChI is InChI=1S/BF4.Ba.Ca.4H/c2-1(3,4)5;;;;;;/q-1;2*+2;4*-1. The van der Waals surface area contributed by atoms with Gasteiger partial charge in [0.25, 0.3) is 0 Å². The summed E-state index contributed by atoms with van der Waals surface area (Å²) < 4.78 is 39.0. The summed E-state index contributed by atoms with van der Waals surface area (Å²) in [6, 6.07) is 0. The molecule has 0 radical (unpaired) electrons. The third kappa shape index (κ3) is 55.1. The Hall–Kier alpha value is 2.62. The maximum atomic E-state index is 9.75. The molecule has 0 atom stereocenters. The first-order chi connectivity index (χ1) is 2.00. The molecule has 7 heteroatoms. The van der Waals surface area contributed by atoms with Crippen LogP contribution in [0.3, 0.4) is 0 Å². The minimum atomic E-state index is -6.00. The van der Waals surface area contributed by atoms with Crippen LogP contribution in [0.5, 0.6) is 0 Å². The van der Waals surface area contributed by atoms with Crippen LogP contribution < -0.4 is 0 Å². The van der Waals surface area contributed by atoms with Gasteiger partial charge in [0.2, 0.25) is 0 Å². The molecule has 0 aliphatic rings. The van der Waals surface area contributed by atoms with Gasteiger partial charge in [0, 0.05) is 0 Å². The molecule has 7 heavy (non-hydrogen) atoms. The van der Waals surface area contributed by atoms with Gasteiger partial charge in [-0.3, -0.25) is 0 Å². The first kappa shape index (κ1) is 16.3. The van der Waals surface area contributed by atoms with Gasteiger partial charge in [0.1, 0.15) is 0 Å². The fourth-order valence-electron chi connectivity index (χ4n) is 0. The molecule has 0 aliphatic heterocycles. The topological polar surface area (TPSA) is 0 Å². The number of hydrogen-bond donors (Lipinski definition) is 0. The van der Waals surface area contributed by atoms with E-state index < -0.39 is 7.25 Å². The second-order valence-corrected chi connectivity index (χ2v) is 0.495. The van der Waals surface area contributed by atoms with Crippen molar-refractivity contribution in [3.05, 3.63) is 0 Å². The normalized spacial score (nSPS) is 8.57. The van der Waals surface area contributed by atoms with Crippen molar-refractivity contribution in [3.63, 3.8) is 0 Å². The van der Waals surface area contributed by atoms with Crippen LogP contribution >= 0.6 is 0 Å². The van der Waals surface area contributed by atoms with E-state index in [9.17, 15) is 17.3 Å². The van der Waals surface area contributed by atoms with Crippen LogP contribution in [-0.4, -0.2) is 93.9 Å². The van der Waals surface area contributed by atoms with Crippen molar-refractivity contribution < 1.29 is 23.0 Å².